The summed E-state index contributed by atoms with van der Waals surface area (Å²) in [6, 6.07) is 3.58. The molecule has 1 aromatic rings. The van der Waals surface area contributed by atoms with E-state index in [9.17, 15) is 9.59 Å². The van der Waals surface area contributed by atoms with Crippen molar-refractivity contribution in [2.75, 3.05) is 23.3 Å². The quantitative estimate of drug-likeness (QED) is 0.786. The Bertz CT molecular complexity index is 546. The maximum Gasteiger partial charge on any atom is 0.331 e. The average Bonchev–Trinajstić information content (AvgIpc) is 2.48. The Balaban J connectivity index is 2.83. The number of hydrogen-bond donors (Lipinski definition) is 2. The summed E-state index contributed by atoms with van der Waals surface area (Å²) in [5.74, 6) is -0.697. The maximum atomic E-state index is 11.9. The van der Waals surface area contributed by atoms with Gasteiger partial charge in [0.25, 0.3) is 5.91 Å². The van der Waals surface area contributed by atoms with E-state index < -0.39 is 11.9 Å². The van der Waals surface area contributed by atoms with E-state index in [1.165, 1.54) is 13.8 Å². The van der Waals surface area contributed by atoms with Gasteiger partial charge in [0.05, 0.1) is 11.9 Å². The van der Waals surface area contributed by atoms with E-state index in [0.717, 1.165) is 18.9 Å². The molecule has 0 spiro atoms. The largest absolute Gasteiger partial charge is 0.478 e. The fourth-order valence-electron chi connectivity index (χ4n) is 1.75. The van der Waals surface area contributed by atoms with Crippen LogP contribution >= 0.6 is 0 Å². The van der Waals surface area contributed by atoms with Crippen molar-refractivity contribution in [3.05, 3.63) is 29.5 Å². The number of aromatic nitrogens is 1. The minimum Gasteiger partial charge on any atom is -0.478 e. The van der Waals surface area contributed by atoms with Crippen LogP contribution in [0.1, 0.15) is 27.7 Å². The lowest BCUT2D eigenvalue weighted by atomic mass is 10.1. The smallest absolute Gasteiger partial charge is 0.331 e. The molecule has 0 aromatic carbocycles. The lowest BCUT2D eigenvalue weighted by Crippen LogP contribution is -2.23. The monoisotopic (exact) mass is 291 g/mol. The van der Waals surface area contributed by atoms with Gasteiger partial charge in [0.15, 0.2) is 0 Å². The maximum absolute atomic E-state index is 11.9. The van der Waals surface area contributed by atoms with Crippen molar-refractivity contribution in [2.24, 2.45) is 0 Å². The van der Waals surface area contributed by atoms with E-state index in [-0.39, 0.29) is 11.1 Å². The number of aliphatic carboxylic acids is 1. The van der Waals surface area contributed by atoms with Crippen LogP contribution in [0.25, 0.3) is 0 Å². The first kappa shape index (κ1) is 16.7. The Kier molecular flexibility index (Phi) is 5.90. The zero-order valence-corrected chi connectivity index (χ0v) is 12.8. The molecule has 0 aliphatic rings. The van der Waals surface area contributed by atoms with Crippen molar-refractivity contribution in [1.29, 1.82) is 0 Å². The molecule has 1 heterocycles. The summed E-state index contributed by atoms with van der Waals surface area (Å²) in [5.41, 5.74) is 0.740. The van der Waals surface area contributed by atoms with Gasteiger partial charge in [-0.25, -0.2) is 9.78 Å². The summed E-state index contributed by atoms with van der Waals surface area (Å²) < 4.78 is 0. The third-order valence-corrected chi connectivity index (χ3v) is 3.32. The number of pyridine rings is 1. The van der Waals surface area contributed by atoms with Crippen molar-refractivity contribution < 1.29 is 14.7 Å². The third-order valence-electron chi connectivity index (χ3n) is 3.32. The topological polar surface area (TPSA) is 82.5 Å². The third kappa shape index (κ3) is 4.30. The van der Waals surface area contributed by atoms with Crippen LogP contribution in [-0.4, -0.2) is 35.1 Å². The van der Waals surface area contributed by atoms with E-state index in [1.54, 1.807) is 12.3 Å². The molecule has 0 saturated carbocycles. The molecule has 0 atom stereocenters. The summed E-state index contributed by atoms with van der Waals surface area (Å²) in [4.78, 5) is 29.1. The predicted molar refractivity (Wildman–Crippen MR) is 82.4 cm³/mol. The van der Waals surface area contributed by atoms with Crippen molar-refractivity contribution >= 4 is 23.4 Å². The summed E-state index contributed by atoms with van der Waals surface area (Å²) in [6.07, 6.45) is 1.56. The van der Waals surface area contributed by atoms with Crippen LogP contribution in [0.5, 0.6) is 0 Å². The van der Waals surface area contributed by atoms with Gasteiger partial charge >= 0.3 is 5.97 Å². The van der Waals surface area contributed by atoms with E-state index in [0.29, 0.717) is 5.69 Å². The van der Waals surface area contributed by atoms with Gasteiger partial charge in [-0.3, -0.25) is 4.79 Å². The molecule has 0 fully saturated rings. The molecule has 6 heteroatoms. The van der Waals surface area contributed by atoms with E-state index in [2.05, 4.69) is 15.2 Å². The van der Waals surface area contributed by atoms with Crippen LogP contribution in [0, 0.1) is 0 Å². The van der Waals surface area contributed by atoms with Gasteiger partial charge in [-0.2, -0.15) is 0 Å². The Labute approximate surface area is 124 Å². The molecule has 0 aliphatic heterocycles. The van der Waals surface area contributed by atoms with Crippen LogP contribution in [-0.2, 0) is 9.59 Å². The summed E-state index contributed by atoms with van der Waals surface area (Å²) in [6.45, 7) is 8.69. The predicted octanol–water partition coefficient (Wildman–Crippen LogP) is 2.29. The van der Waals surface area contributed by atoms with Crippen molar-refractivity contribution in [3.63, 3.8) is 0 Å². The fraction of sp³-hybridized carbons (Fsp3) is 0.400. The SMILES string of the molecule is CCN(CC)c1ccc(NC(=O)C(C)=C(C)C(=O)O)cn1. The second kappa shape index (κ2) is 7.42. The van der Waals surface area contributed by atoms with Crippen LogP contribution in [0.15, 0.2) is 29.5 Å². The van der Waals surface area contributed by atoms with Gasteiger partial charge in [-0.15, -0.1) is 0 Å². The van der Waals surface area contributed by atoms with E-state index in [4.69, 9.17) is 5.11 Å². The first-order valence-corrected chi connectivity index (χ1v) is 6.83. The fourth-order valence-corrected chi connectivity index (χ4v) is 1.75. The normalized spacial score (nSPS) is 11.6. The van der Waals surface area contributed by atoms with Gasteiger partial charge < -0.3 is 15.3 Å². The highest BCUT2D eigenvalue weighted by molar-refractivity contribution is 6.08. The number of anilines is 2. The number of rotatable bonds is 6. The van der Waals surface area contributed by atoms with Crippen molar-refractivity contribution in [1.82, 2.24) is 4.98 Å². The lowest BCUT2D eigenvalue weighted by molar-refractivity contribution is -0.133. The summed E-state index contributed by atoms with van der Waals surface area (Å²) in [5, 5.41) is 11.5. The number of nitrogens with one attached hydrogen (secondary N) is 1. The highest BCUT2D eigenvalue weighted by Crippen LogP contribution is 2.15. The second-order valence-electron chi connectivity index (χ2n) is 4.59. The molecule has 114 valence electrons. The number of nitrogens with zero attached hydrogens (tertiary/aromatic N) is 2. The number of carboxylic acid groups (broad SMARTS) is 1. The Hall–Kier alpha value is -2.37. The second-order valence-corrected chi connectivity index (χ2v) is 4.59. The number of carbonyl (C=O) groups excluding carboxylic acids is 1. The van der Waals surface area contributed by atoms with E-state index >= 15 is 0 Å². The first-order chi connectivity index (χ1) is 9.90. The van der Waals surface area contributed by atoms with E-state index in [1.807, 2.05) is 19.9 Å². The van der Waals surface area contributed by atoms with Gasteiger partial charge in [0, 0.05) is 24.2 Å². The zero-order chi connectivity index (χ0) is 16.0. The molecular formula is C15H21N3O3. The average molecular weight is 291 g/mol. The molecule has 0 bridgehead atoms. The van der Waals surface area contributed by atoms with Crippen molar-refractivity contribution in [3.8, 4) is 0 Å². The number of carboxylic acids is 1. The Morgan fingerprint density at radius 3 is 2.24 bits per heavy atom. The highest BCUT2D eigenvalue weighted by Gasteiger charge is 2.13. The summed E-state index contributed by atoms with van der Waals surface area (Å²) in [7, 11) is 0. The zero-order valence-electron chi connectivity index (χ0n) is 12.8. The first-order valence-electron chi connectivity index (χ1n) is 6.83. The standard InChI is InChI=1S/C15H21N3O3/c1-5-18(6-2)13-8-7-12(9-16-13)17-14(19)10(3)11(4)15(20)21/h7-9H,5-6H2,1-4H3,(H,17,19)(H,20,21). The van der Waals surface area contributed by atoms with Gasteiger partial charge in [0.1, 0.15) is 5.82 Å². The number of amides is 1. The van der Waals surface area contributed by atoms with Crippen LogP contribution in [0.2, 0.25) is 0 Å². The van der Waals surface area contributed by atoms with Crippen molar-refractivity contribution in [2.45, 2.75) is 27.7 Å². The molecule has 1 amide bonds. The van der Waals surface area contributed by atoms with Gasteiger partial charge in [-0.1, -0.05) is 0 Å². The van der Waals surface area contributed by atoms with Gasteiger partial charge in [-0.05, 0) is 39.8 Å². The molecule has 21 heavy (non-hydrogen) atoms. The minimum absolute atomic E-state index is 0.0280. The van der Waals surface area contributed by atoms with Crippen LogP contribution < -0.4 is 10.2 Å². The number of hydrogen-bond acceptors (Lipinski definition) is 4. The molecule has 1 rings (SSSR count). The molecule has 0 aliphatic carbocycles. The number of carbonyl (C=O) groups is 2. The molecule has 0 radical (unpaired) electrons. The molecule has 2 N–H and O–H groups in total. The molecule has 0 unspecified atom stereocenters. The van der Waals surface area contributed by atoms with Crippen LogP contribution in [0.4, 0.5) is 11.5 Å². The Morgan fingerprint density at radius 1 is 1.19 bits per heavy atom. The molecule has 0 saturated heterocycles. The van der Waals surface area contributed by atoms with Crippen LogP contribution in [0.3, 0.4) is 0 Å². The molecule has 6 nitrogen and oxygen atoms in total. The molecular weight excluding hydrogens is 270 g/mol. The lowest BCUT2D eigenvalue weighted by Gasteiger charge is -2.19. The Morgan fingerprint density at radius 2 is 1.81 bits per heavy atom. The summed E-state index contributed by atoms with van der Waals surface area (Å²) >= 11 is 0. The molecule has 1 aromatic heterocycles. The van der Waals surface area contributed by atoms with Gasteiger partial charge in [0.2, 0.25) is 0 Å². The highest BCUT2D eigenvalue weighted by atomic mass is 16.4. The minimum atomic E-state index is -1.10.